The molecule has 0 rings (SSSR count). The summed E-state index contributed by atoms with van der Waals surface area (Å²) in [6, 6.07) is 1.06. The number of unbranched alkanes of at least 4 members (excludes halogenated alkanes) is 2. The maximum Gasteiger partial charge on any atom is -0.0578 e. The van der Waals surface area contributed by atoms with E-state index >= 15 is 0 Å². The van der Waals surface area contributed by atoms with Crippen molar-refractivity contribution in [2.75, 3.05) is 13.1 Å². The summed E-state index contributed by atoms with van der Waals surface area (Å²) in [6.07, 6.45) is 7.24. The number of rotatable bonds is 12. The van der Waals surface area contributed by atoms with Crippen molar-refractivity contribution in [3.63, 3.8) is 0 Å². The molecule has 5 heteroatoms. The molecule has 0 aliphatic heterocycles. The van der Waals surface area contributed by atoms with Gasteiger partial charge in [0.2, 0.25) is 0 Å². The Bertz CT molecular complexity index is 364. The van der Waals surface area contributed by atoms with Crippen LogP contribution in [0.5, 0.6) is 0 Å². The van der Waals surface area contributed by atoms with E-state index in [9.17, 15) is 0 Å². The summed E-state index contributed by atoms with van der Waals surface area (Å²) < 4.78 is 9.34. The second-order valence-electron chi connectivity index (χ2n) is 9.30. The standard InChI is InChI=1S/2C7H16N.2C5H11N.Mo/c2*1-4-5-6-8-7(2)3;2*1-4-5(2,3)6;/h2*7H,4-6H2,1-3H3;2*4H2,1-3H3;/q2*-1;;;+2. The molecule has 0 heterocycles. The van der Waals surface area contributed by atoms with Gasteiger partial charge in [-0.3, -0.25) is 0 Å². The average Bonchev–Trinajstić information content (AvgIpc) is 2.62. The van der Waals surface area contributed by atoms with Gasteiger partial charge in [0.25, 0.3) is 0 Å². The van der Waals surface area contributed by atoms with E-state index in [2.05, 4.69) is 101 Å². The van der Waals surface area contributed by atoms with E-state index in [1.54, 1.807) is 0 Å². The molecule has 0 N–H and O–H groups in total. The van der Waals surface area contributed by atoms with Crippen LogP contribution in [0.15, 0.2) is 6.99 Å². The van der Waals surface area contributed by atoms with Gasteiger partial charge in [0.05, 0.1) is 0 Å². The van der Waals surface area contributed by atoms with Crippen molar-refractivity contribution < 1.29 is 18.2 Å². The first kappa shape index (κ1) is 33.8. The maximum absolute atomic E-state index is 4.67. The van der Waals surface area contributed by atoms with Gasteiger partial charge in [-0.05, 0) is 0 Å². The Morgan fingerprint density at radius 3 is 1.17 bits per heavy atom. The predicted octanol–water partition coefficient (Wildman–Crippen LogP) is 8.95. The fraction of sp³-hybridized carbons (Fsp3) is 1.00. The van der Waals surface area contributed by atoms with Crippen LogP contribution in [0.2, 0.25) is 0 Å². The molecule has 0 aromatic carbocycles. The van der Waals surface area contributed by atoms with E-state index in [0.29, 0.717) is 12.1 Å². The third-order valence-electron chi connectivity index (χ3n) is 4.32. The van der Waals surface area contributed by atoms with Crippen LogP contribution in [-0.2, 0) is 18.2 Å². The molecule has 0 aliphatic carbocycles. The van der Waals surface area contributed by atoms with Crippen molar-refractivity contribution in [2.45, 2.75) is 145 Å². The fourth-order valence-electron chi connectivity index (χ4n) is 1.39. The Balaban J connectivity index is -0.000000368. The summed E-state index contributed by atoms with van der Waals surface area (Å²) in [5.74, 6) is 0. The third kappa shape index (κ3) is 33.1. The summed E-state index contributed by atoms with van der Waals surface area (Å²) in [7, 11) is 0. The molecule has 0 aromatic rings. The van der Waals surface area contributed by atoms with Crippen LogP contribution in [0, 0.1) is 0 Å². The van der Waals surface area contributed by atoms with Gasteiger partial charge in [-0.1, -0.05) is 67.2 Å². The molecule has 0 spiro atoms. The Morgan fingerprint density at radius 2 is 0.966 bits per heavy atom. The number of hydrogen-bond acceptors (Lipinski definition) is 2. The van der Waals surface area contributed by atoms with Crippen LogP contribution in [0.1, 0.15) is 122 Å². The molecular weight excluding hydrogens is 440 g/mol. The Labute approximate surface area is 193 Å². The predicted molar refractivity (Wildman–Crippen MR) is 130 cm³/mol. The molecule has 4 nitrogen and oxygen atoms in total. The van der Waals surface area contributed by atoms with Crippen molar-refractivity contribution in [2.24, 2.45) is 6.99 Å². The van der Waals surface area contributed by atoms with Crippen molar-refractivity contribution in [1.29, 1.82) is 0 Å². The van der Waals surface area contributed by atoms with E-state index in [1.807, 2.05) is 0 Å². The van der Waals surface area contributed by atoms with Gasteiger partial charge in [0.1, 0.15) is 0 Å². The molecule has 0 aromatic heterocycles. The van der Waals surface area contributed by atoms with Gasteiger partial charge < -0.3 is 10.6 Å². The summed E-state index contributed by atoms with van der Waals surface area (Å²) in [4.78, 5) is 0. The molecule has 0 fully saturated rings. The van der Waals surface area contributed by atoms with Crippen LogP contribution in [0.25, 0.3) is 10.6 Å². The minimum atomic E-state index is -0.492. The molecule has 0 unspecified atom stereocenters. The second-order valence-corrected chi connectivity index (χ2v) is 10.6. The molecule has 0 amide bonds. The van der Waals surface area contributed by atoms with Gasteiger partial charge in [-0.15, -0.1) is 25.2 Å². The number of hydrogen-bond donors (Lipinski definition) is 0. The number of nitrogens with zero attached hydrogens (tertiary/aromatic N) is 4. The van der Waals surface area contributed by atoms with E-state index in [-0.39, 0.29) is 11.1 Å². The van der Waals surface area contributed by atoms with E-state index < -0.39 is 18.2 Å². The monoisotopic (exact) mass is 496 g/mol. The van der Waals surface area contributed by atoms with Crippen LogP contribution < -0.4 is 0 Å². The minimum absolute atomic E-state index is 0.148. The Hall–Kier alpha value is 0.208. The molecule has 0 bridgehead atoms. The quantitative estimate of drug-likeness (QED) is 0.192. The molecule has 0 aliphatic rings. The smallest absolute Gasteiger partial charge is 0.0578 e. The third-order valence-corrected chi connectivity index (χ3v) is 7.15. The minimum Gasteiger partial charge on any atom is -0.660 e. The molecule has 0 atom stereocenters. The van der Waals surface area contributed by atoms with Crippen molar-refractivity contribution >= 4 is 0 Å². The first-order valence-corrected chi connectivity index (χ1v) is 13.6. The summed E-state index contributed by atoms with van der Waals surface area (Å²) in [5, 5.41) is 8.63. The zero-order valence-electron chi connectivity index (χ0n) is 22.0. The molecule has 29 heavy (non-hydrogen) atoms. The summed E-state index contributed by atoms with van der Waals surface area (Å²) in [6.45, 7) is 28.1. The zero-order valence-corrected chi connectivity index (χ0v) is 24.0. The first-order chi connectivity index (χ1) is 13.4. The van der Waals surface area contributed by atoms with Crippen molar-refractivity contribution in [3.05, 3.63) is 10.6 Å². The van der Waals surface area contributed by atoms with E-state index in [0.717, 1.165) is 25.9 Å². The molecule has 0 saturated carbocycles. The molecular formula is C24H54MoN4. The van der Waals surface area contributed by atoms with Crippen LogP contribution in [0.3, 0.4) is 0 Å². The van der Waals surface area contributed by atoms with Gasteiger partial charge >= 0.3 is 90.7 Å². The zero-order chi connectivity index (χ0) is 23.3. The van der Waals surface area contributed by atoms with Crippen LogP contribution in [-0.4, -0.2) is 36.3 Å². The molecule has 176 valence electrons. The Morgan fingerprint density at radius 1 is 0.655 bits per heavy atom. The van der Waals surface area contributed by atoms with Crippen molar-refractivity contribution in [1.82, 2.24) is 0 Å². The van der Waals surface area contributed by atoms with Gasteiger partial charge in [0, 0.05) is 0 Å². The second kappa shape index (κ2) is 21.4. The van der Waals surface area contributed by atoms with Gasteiger partial charge in [0.15, 0.2) is 0 Å². The fourth-order valence-corrected chi connectivity index (χ4v) is 3.21. The van der Waals surface area contributed by atoms with Gasteiger partial charge in [-0.25, -0.2) is 0 Å². The Kier molecular flexibility index (Phi) is 25.0. The van der Waals surface area contributed by atoms with Crippen LogP contribution in [0.4, 0.5) is 0 Å². The molecule has 0 radical (unpaired) electrons. The SMILES string of the molecule is CCC(C)(C)[N]=[Mo+2]=[N]C(C)(C)CC.CCCC[N-]C(C)C.CCCC[N-]C(C)C. The first-order valence-electron chi connectivity index (χ1n) is 11.8. The van der Waals surface area contributed by atoms with Crippen molar-refractivity contribution in [3.8, 4) is 0 Å². The van der Waals surface area contributed by atoms with Crippen LogP contribution >= 0.6 is 0 Å². The largest absolute Gasteiger partial charge is 0.660 e. The molecule has 0 saturated heterocycles. The summed E-state index contributed by atoms with van der Waals surface area (Å²) in [5.41, 5.74) is 0.297. The van der Waals surface area contributed by atoms with E-state index in [1.165, 1.54) is 25.7 Å². The normalized spacial score (nSPS) is 11.2. The van der Waals surface area contributed by atoms with Gasteiger partial charge in [-0.2, -0.15) is 0 Å². The topological polar surface area (TPSA) is 52.9 Å². The average molecular weight is 495 g/mol. The summed E-state index contributed by atoms with van der Waals surface area (Å²) >= 11 is -0.492. The van der Waals surface area contributed by atoms with E-state index in [4.69, 9.17) is 0 Å². The maximum atomic E-state index is 4.67.